The van der Waals surface area contributed by atoms with Gasteiger partial charge in [-0.3, -0.25) is 0 Å². The Morgan fingerprint density at radius 3 is 1.09 bits per heavy atom. The summed E-state index contributed by atoms with van der Waals surface area (Å²) in [6, 6.07) is 0. The van der Waals surface area contributed by atoms with Crippen LogP contribution in [0.25, 0.3) is 0 Å². The second-order valence-electron chi connectivity index (χ2n) is 6.77. The summed E-state index contributed by atoms with van der Waals surface area (Å²) in [7, 11) is 0. The van der Waals surface area contributed by atoms with Crippen LogP contribution in [-0.4, -0.2) is 59.5 Å². The molecule has 35 heavy (non-hydrogen) atoms. The Labute approximate surface area is 181 Å². The molecule has 0 aromatic carbocycles. The van der Waals surface area contributed by atoms with Crippen LogP contribution in [0.2, 0.25) is 0 Å². The molecule has 0 aliphatic rings. The van der Waals surface area contributed by atoms with Crippen LogP contribution < -0.4 is 0 Å². The van der Waals surface area contributed by atoms with E-state index >= 15 is 0 Å². The van der Waals surface area contributed by atoms with Crippen LogP contribution in [0.15, 0.2) is 12.2 Å². The first kappa shape index (κ1) is 32.9. The van der Waals surface area contributed by atoms with Crippen LogP contribution in [0.4, 0.5) is 79.0 Å². The van der Waals surface area contributed by atoms with Crippen molar-refractivity contribution in [3.05, 3.63) is 12.2 Å². The summed E-state index contributed by atoms with van der Waals surface area (Å²) in [5.41, 5.74) is -1.33. The smallest absolute Gasteiger partial charge is 0.393 e. The molecule has 0 rings (SSSR count). The van der Waals surface area contributed by atoms with Gasteiger partial charge in [0.1, 0.15) is 0 Å². The third-order valence-corrected chi connectivity index (χ3v) is 4.20. The van der Waals surface area contributed by atoms with Crippen LogP contribution >= 0.6 is 0 Å². The minimum Gasteiger partial charge on any atom is -0.393 e. The number of esters is 1. The molecule has 0 spiro atoms. The molecule has 0 heterocycles. The molecule has 0 aliphatic carbocycles. The maximum atomic E-state index is 13.6. The van der Waals surface area contributed by atoms with E-state index in [4.69, 9.17) is 0 Å². The number of alkyl halides is 18. The molecule has 0 aliphatic heterocycles. The Kier molecular flexibility index (Phi) is 8.02. The van der Waals surface area contributed by atoms with E-state index in [1.807, 2.05) is 0 Å². The molecule has 0 unspecified atom stereocenters. The van der Waals surface area contributed by atoms with Crippen molar-refractivity contribution in [2.75, 3.05) is 0 Å². The summed E-state index contributed by atoms with van der Waals surface area (Å²) in [4.78, 5) is 10.8. The van der Waals surface area contributed by atoms with Gasteiger partial charge < -0.3 is 4.74 Å². The Morgan fingerprint density at radius 1 is 0.571 bits per heavy atom. The predicted octanol–water partition coefficient (Wildman–Crippen LogP) is 7.19. The first-order valence-corrected chi connectivity index (χ1v) is 8.18. The fourth-order valence-electron chi connectivity index (χ4n) is 1.89. The average Bonchev–Trinajstić information content (AvgIpc) is 2.65. The maximum absolute atomic E-state index is 13.6. The molecule has 0 atom stereocenters. The summed E-state index contributed by atoms with van der Waals surface area (Å²) in [6.07, 6.45) is -9.83. The predicted molar refractivity (Wildman–Crippen MR) is 75.7 cm³/mol. The highest BCUT2D eigenvalue weighted by Gasteiger charge is 2.96. The first-order valence-electron chi connectivity index (χ1n) is 8.18. The van der Waals surface area contributed by atoms with E-state index in [1.165, 1.54) is 0 Å². The van der Waals surface area contributed by atoms with Crippen LogP contribution in [0.1, 0.15) is 20.3 Å². The summed E-state index contributed by atoms with van der Waals surface area (Å²) in [5, 5.41) is 0. The number of halogens is 18. The number of carbonyl (C=O) groups is 1. The van der Waals surface area contributed by atoms with Crippen LogP contribution in [0, 0.1) is 0 Å². The van der Waals surface area contributed by atoms with Crippen molar-refractivity contribution in [3.8, 4) is 0 Å². The molecular weight excluding hydrogens is 554 g/mol. The van der Waals surface area contributed by atoms with Crippen molar-refractivity contribution in [1.29, 1.82) is 0 Å². The lowest BCUT2D eigenvalue weighted by molar-refractivity contribution is -0.474. The Hall–Kier alpha value is -2.05. The monoisotopic (exact) mass is 564 g/mol. The Balaban J connectivity index is 6.92. The number of hydrogen-bond acceptors (Lipinski definition) is 2. The molecule has 0 aromatic heterocycles. The molecular formula is C15H10F18O2. The minimum absolute atomic E-state index is 0.127. The van der Waals surface area contributed by atoms with Gasteiger partial charge in [-0.1, -0.05) is 13.5 Å². The van der Waals surface area contributed by atoms with Gasteiger partial charge in [0, 0.05) is 12.0 Å². The molecule has 0 amide bonds. The van der Waals surface area contributed by atoms with E-state index in [-0.39, 0.29) is 6.92 Å². The van der Waals surface area contributed by atoms with Crippen molar-refractivity contribution in [2.45, 2.75) is 73.8 Å². The van der Waals surface area contributed by atoms with Gasteiger partial charge in [0.15, 0.2) is 0 Å². The van der Waals surface area contributed by atoms with Gasteiger partial charge >= 0.3 is 59.5 Å². The van der Waals surface area contributed by atoms with Crippen LogP contribution in [0.3, 0.4) is 0 Å². The lowest BCUT2D eigenvalue weighted by Crippen LogP contribution is -2.76. The van der Waals surface area contributed by atoms with Crippen LogP contribution in [0.5, 0.6) is 0 Å². The van der Waals surface area contributed by atoms with Gasteiger partial charge in [-0.15, -0.1) is 0 Å². The largest absolute Gasteiger partial charge is 0.473 e. The van der Waals surface area contributed by atoms with E-state index in [9.17, 15) is 83.8 Å². The van der Waals surface area contributed by atoms with Crippen molar-refractivity contribution in [2.24, 2.45) is 0 Å². The highest BCUT2D eigenvalue weighted by atomic mass is 19.4. The van der Waals surface area contributed by atoms with E-state index < -0.39 is 71.5 Å². The molecule has 2 nitrogen and oxygen atoms in total. The zero-order chi connectivity index (χ0) is 29.1. The lowest BCUT2D eigenvalue weighted by atomic mass is 9.87. The maximum Gasteiger partial charge on any atom is 0.473 e. The molecule has 0 saturated heterocycles. The quantitative estimate of drug-likeness (QED) is 0.151. The second-order valence-corrected chi connectivity index (χ2v) is 6.77. The molecule has 0 saturated carbocycles. The molecule has 0 fully saturated rings. The highest BCUT2D eigenvalue weighted by Crippen LogP contribution is 2.65. The Morgan fingerprint density at radius 2 is 0.829 bits per heavy atom. The van der Waals surface area contributed by atoms with E-state index in [1.54, 1.807) is 0 Å². The zero-order valence-electron chi connectivity index (χ0n) is 16.5. The van der Waals surface area contributed by atoms with E-state index in [0.717, 1.165) is 0 Å². The van der Waals surface area contributed by atoms with Gasteiger partial charge in [-0.25, -0.2) is 4.79 Å². The fourth-order valence-corrected chi connectivity index (χ4v) is 1.89. The first-order chi connectivity index (χ1) is 14.9. The Bertz CT molecular complexity index is 828. The third-order valence-electron chi connectivity index (χ3n) is 4.20. The van der Waals surface area contributed by atoms with Gasteiger partial charge in [0.05, 0.1) is 0 Å². The summed E-state index contributed by atoms with van der Waals surface area (Å²) in [5.74, 6) is -68.4. The lowest BCUT2D eigenvalue weighted by Gasteiger charge is -2.44. The summed E-state index contributed by atoms with van der Waals surface area (Å²) < 4.78 is 244. The van der Waals surface area contributed by atoms with Gasteiger partial charge in [-0.2, -0.15) is 79.0 Å². The van der Waals surface area contributed by atoms with Gasteiger partial charge in [0.2, 0.25) is 0 Å². The number of carbonyl (C=O) groups excluding carboxylic acids is 1. The number of rotatable bonds is 11. The molecule has 0 bridgehead atoms. The minimum atomic E-state index is -8.86. The highest BCUT2D eigenvalue weighted by molar-refractivity contribution is 5.87. The molecule has 208 valence electrons. The van der Waals surface area contributed by atoms with Gasteiger partial charge in [-0.05, 0) is 6.92 Å². The SMILES string of the molecule is C=C(C)C(=O)OC(F)(F)C(F)(F)C(F)(F)C(F)(F)C(F)(F)C(F)(F)C(F)(F)C(F)(F)C(F)(F)CC. The van der Waals surface area contributed by atoms with Crippen molar-refractivity contribution in [3.63, 3.8) is 0 Å². The summed E-state index contributed by atoms with van der Waals surface area (Å²) >= 11 is 0. The zero-order valence-corrected chi connectivity index (χ0v) is 16.5. The fraction of sp³-hybridized carbons (Fsp3) is 0.800. The van der Waals surface area contributed by atoms with E-state index in [0.29, 0.717) is 6.92 Å². The van der Waals surface area contributed by atoms with Crippen molar-refractivity contribution < 1.29 is 88.6 Å². The van der Waals surface area contributed by atoms with E-state index in [2.05, 4.69) is 11.3 Å². The normalized spacial score (nSPS) is 15.8. The van der Waals surface area contributed by atoms with Crippen molar-refractivity contribution in [1.82, 2.24) is 0 Å². The van der Waals surface area contributed by atoms with Crippen LogP contribution in [-0.2, 0) is 9.53 Å². The second kappa shape index (κ2) is 8.52. The summed E-state index contributed by atoms with van der Waals surface area (Å²) in [6.45, 7) is 2.70. The van der Waals surface area contributed by atoms with Gasteiger partial charge in [0.25, 0.3) is 0 Å². The third kappa shape index (κ3) is 4.27. The number of ether oxygens (including phenoxy) is 1. The molecule has 0 radical (unpaired) electrons. The number of hydrogen-bond donors (Lipinski definition) is 0. The topological polar surface area (TPSA) is 26.3 Å². The molecule has 0 N–H and O–H groups in total. The van der Waals surface area contributed by atoms with Crippen molar-refractivity contribution >= 4 is 5.97 Å². The molecule has 0 aromatic rings. The average molecular weight is 564 g/mol. The standard InChI is InChI=1S/C15H10F18O2/c1-4-7(16,17)8(18,19)9(20,21)10(22,23)11(24,25)12(26,27)13(28,29)14(30,31)15(32,33)35-6(34)5(2)3/h2,4H2,1,3H3. The molecule has 20 heteroatoms.